The number of carbonyl (C=O) groups excluding carboxylic acids is 4. The summed E-state index contributed by atoms with van der Waals surface area (Å²) in [4.78, 5) is 48.1. The summed E-state index contributed by atoms with van der Waals surface area (Å²) in [6.07, 6.45) is 0. The predicted octanol–water partition coefficient (Wildman–Crippen LogP) is -5.38. The predicted molar refractivity (Wildman–Crippen MR) is 87.9 cm³/mol. The third kappa shape index (κ3) is 4.23. The van der Waals surface area contributed by atoms with E-state index >= 15 is 0 Å². The molecule has 2 fully saturated rings. The van der Waals surface area contributed by atoms with Gasteiger partial charge in [-0.05, 0) is 0 Å². The zero-order valence-corrected chi connectivity index (χ0v) is 17.9. The van der Waals surface area contributed by atoms with Gasteiger partial charge in [-0.3, -0.25) is 24.6 Å². The molecule has 2 amide bonds. The van der Waals surface area contributed by atoms with Gasteiger partial charge in [0, 0.05) is 29.9 Å². The van der Waals surface area contributed by atoms with Crippen molar-refractivity contribution in [3.05, 3.63) is 11.3 Å². The number of amides is 2. The summed E-state index contributed by atoms with van der Waals surface area (Å²) in [7, 11) is 0. The fraction of sp³-hybridized carbons (Fsp3) is 0.571. The smallest absolute Gasteiger partial charge is 0.543 e. The Hall–Kier alpha value is -0.720. The van der Waals surface area contributed by atoms with Crippen LogP contribution in [-0.2, 0) is 23.9 Å². The summed E-state index contributed by atoms with van der Waals surface area (Å²) in [5.74, 6) is -1.24. The number of carboxylic acid groups (broad SMARTS) is 1. The summed E-state index contributed by atoms with van der Waals surface area (Å²) in [5.41, 5.74) is 0.0403. The van der Waals surface area contributed by atoms with Crippen molar-refractivity contribution in [2.75, 3.05) is 24.0 Å². The van der Waals surface area contributed by atoms with E-state index < -0.39 is 29.3 Å². The number of nitrogens with one attached hydrogen (secondary N) is 2. The van der Waals surface area contributed by atoms with Crippen LogP contribution in [0.5, 0.6) is 0 Å². The number of aliphatic carboxylic acids is 1. The van der Waals surface area contributed by atoms with Gasteiger partial charge in [-0.15, -0.1) is 23.5 Å². The van der Waals surface area contributed by atoms with Crippen LogP contribution in [0.25, 0.3) is 0 Å². The van der Waals surface area contributed by atoms with Gasteiger partial charge in [0.25, 0.3) is 5.91 Å². The van der Waals surface area contributed by atoms with Crippen molar-refractivity contribution in [1.29, 1.82) is 0 Å². The summed E-state index contributed by atoms with van der Waals surface area (Å²) in [6, 6.07) is -1.12. The molecule has 9 nitrogen and oxygen atoms in total. The SMILES string of the molecule is CC(=O)OCC1=C(C(=O)[O-])N2C(=O)[C@@H](NC(=O)C3CSCN3)[C@H]2SC1.[Na+]. The van der Waals surface area contributed by atoms with Crippen LogP contribution in [-0.4, -0.2) is 70.1 Å². The monoisotopic (exact) mass is 409 g/mol. The van der Waals surface area contributed by atoms with Crippen LogP contribution in [0.1, 0.15) is 6.92 Å². The number of hydrogen-bond donors (Lipinski definition) is 2. The number of β-lactam (4-membered cyclic amide) rings is 1. The molecule has 3 aliphatic heterocycles. The first-order chi connectivity index (χ1) is 11.9. The molecule has 0 aromatic rings. The molecule has 12 heteroatoms. The van der Waals surface area contributed by atoms with Crippen LogP contribution in [0.4, 0.5) is 0 Å². The molecule has 3 rings (SSSR count). The molecule has 0 aromatic heterocycles. The van der Waals surface area contributed by atoms with Gasteiger partial charge in [-0.25, -0.2) is 0 Å². The first-order valence-electron chi connectivity index (χ1n) is 7.53. The maximum Gasteiger partial charge on any atom is 1.00 e. The van der Waals surface area contributed by atoms with Crippen LogP contribution in [0.15, 0.2) is 11.3 Å². The first-order valence-corrected chi connectivity index (χ1v) is 9.73. The molecule has 0 spiro atoms. The van der Waals surface area contributed by atoms with Gasteiger partial charge in [0.05, 0.1) is 17.7 Å². The van der Waals surface area contributed by atoms with Gasteiger partial charge in [0.1, 0.15) is 18.0 Å². The molecule has 2 saturated heterocycles. The van der Waals surface area contributed by atoms with Gasteiger partial charge < -0.3 is 20.0 Å². The van der Waals surface area contributed by atoms with E-state index in [-0.39, 0.29) is 59.6 Å². The fourth-order valence-electron chi connectivity index (χ4n) is 2.79. The van der Waals surface area contributed by atoms with Crippen molar-refractivity contribution in [3.63, 3.8) is 0 Å². The quantitative estimate of drug-likeness (QED) is 0.260. The molecule has 0 saturated carbocycles. The number of hydrogen-bond acceptors (Lipinski definition) is 9. The summed E-state index contributed by atoms with van der Waals surface area (Å²) in [6.45, 7) is 1.01. The van der Waals surface area contributed by atoms with Crippen molar-refractivity contribution in [3.8, 4) is 0 Å². The second-order valence-electron chi connectivity index (χ2n) is 5.69. The van der Waals surface area contributed by atoms with Crippen LogP contribution in [0.2, 0.25) is 0 Å². The molecule has 0 radical (unpaired) electrons. The van der Waals surface area contributed by atoms with Crippen LogP contribution < -0.4 is 45.3 Å². The maximum absolute atomic E-state index is 12.4. The largest absolute Gasteiger partial charge is 1.00 e. The molecular weight excluding hydrogens is 393 g/mol. The topological polar surface area (TPSA) is 128 Å². The minimum atomic E-state index is -1.50. The van der Waals surface area contributed by atoms with E-state index in [9.17, 15) is 24.3 Å². The zero-order chi connectivity index (χ0) is 18.1. The minimum Gasteiger partial charge on any atom is -0.543 e. The number of ether oxygens (including phenoxy) is 1. The van der Waals surface area contributed by atoms with E-state index in [4.69, 9.17) is 4.74 Å². The molecular formula is C14H16N3NaO6S2. The second kappa shape index (κ2) is 8.98. The van der Waals surface area contributed by atoms with Crippen molar-refractivity contribution in [2.24, 2.45) is 0 Å². The van der Waals surface area contributed by atoms with E-state index in [0.717, 1.165) is 4.90 Å². The third-order valence-electron chi connectivity index (χ3n) is 4.02. The van der Waals surface area contributed by atoms with E-state index in [1.165, 1.54) is 18.7 Å². The second-order valence-corrected chi connectivity index (χ2v) is 7.82. The Bertz CT molecular complexity index is 667. The standard InChI is InChI=1S/C14H17N3O6S2.Na/c1-6(18)23-2-7-3-25-13-9(12(20)17(13)10(7)14(21)22)16-11(19)8-4-24-5-15-8;/h8-9,13,15H,2-5H2,1H3,(H,16,19)(H,21,22);/q;+1/p-1/t8?,9-,13-;/m1./s1. The minimum absolute atomic E-state index is 0. The van der Waals surface area contributed by atoms with E-state index in [1.807, 2.05) is 0 Å². The molecule has 0 aliphatic carbocycles. The van der Waals surface area contributed by atoms with Crippen molar-refractivity contribution < 1.29 is 58.6 Å². The molecule has 1 unspecified atom stereocenters. The Morgan fingerprint density at radius 3 is 2.73 bits per heavy atom. The Morgan fingerprint density at radius 1 is 1.42 bits per heavy atom. The van der Waals surface area contributed by atoms with Crippen LogP contribution in [0.3, 0.4) is 0 Å². The van der Waals surface area contributed by atoms with Crippen LogP contribution in [0, 0.1) is 0 Å². The van der Waals surface area contributed by atoms with E-state index in [0.29, 0.717) is 17.2 Å². The molecule has 0 bridgehead atoms. The van der Waals surface area contributed by atoms with Gasteiger partial charge in [-0.1, -0.05) is 0 Å². The summed E-state index contributed by atoms with van der Waals surface area (Å²) < 4.78 is 4.84. The fourth-order valence-corrected chi connectivity index (χ4v) is 5.06. The summed E-state index contributed by atoms with van der Waals surface area (Å²) >= 11 is 2.91. The van der Waals surface area contributed by atoms with Crippen molar-refractivity contribution in [2.45, 2.75) is 24.4 Å². The average molecular weight is 409 g/mol. The van der Waals surface area contributed by atoms with Crippen molar-refractivity contribution in [1.82, 2.24) is 15.5 Å². The average Bonchev–Trinajstić information content (AvgIpc) is 3.11. The number of fused-ring (bicyclic) bond motifs is 1. The Balaban J connectivity index is 0.00000243. The zero-order valence-electron chi connectivity index (χ0n) is 14.3. The van der Waals surface area contributed by atoms with Gasteiger partial charge in [-0.2, -0.15) is 0 Å². The number of rotatable bonds is 5. The Kier molecular flexibility index (Phi) is 7.45. The number of carboxylic acids is 1. The van der Waals surface area contributed by atoms with Gasteiger partial charge in [0.15, 0.2) is 0 Å². The van der Waals surface area contributed by atoms with Crippen LogP contribution >= 0.6 is 23.5 Å². The van der Waals surface area contributed by atoms with E-state index in [2.05, 4.69) is 10.6 Å². The normalized spacial score (nSPS) is 27.2. The molecule has 26 heavy (non-hydrogen) atoms. The van der Waals surface area contributed by atoms with Crippen molar-refractivity contribution >= 4 is 47.3 Å². The maximum atomic E-state index is 12.4. The Labute approximate surface area is 180 Å². The number of esters is 1. The van der Waals surface area contributed by atoms with E-state index in [1.54, 1.807) is 11.8 Å². The molecule has 3 aliphatic rings. The molecule has 3 heterocycles. The Morgan fingerprint density at radius 2 is 2.15 bits per heavy atom. The third-order valence-corrected chi connectivity index (χ3v) is 6.30. The molecule has 136 valence electrons. The number of thioether (sulfide) groups is 2. The number of nitrogens with zero attached hydrogens (tertiary/aromatic N) is 1. The van der Waals surface area contributed by atoms with Gasteiger partial charge in [0.2, 0.25) is 5.91 Å². The summed E-state index contributed by atoms with van der Waals surface area (Å²) in [5, 5.41) is 16.7. The molecule has 0 aromatic carbocycles. The molecule has 3 atom stereocenters. The molecule has 2 N–H and O–H groups in total. The van der Waals surface area contributed by atoms with Gasteiger partial charge >= 0.3 is 35.5 Å². The first kappa shape index (κ1) is 21.6. The number of carbonyl (C=O) groups is 4.